The lowest BCUT2D eigenvalue weighted by molar-refractivity contribution is -0.116. The molecule has 2 aliphatic carbocycles. The van der Waals surface area contributed by atoms with Crippen LogP contribution < -0.4 is 5.32 Å². The predicted molar refractivity (Wildman–Crippen MR) is 214 cm³/mol. The summed E-state index contributed by atoms with van der Waals surface area (Å²) in [6.45, 7) is 14.5. The Morgan fingerprint density at radius 1 is 0.980 bits per heavy atom. The second-order valence-corrected chi connectivity index (χ2v) is 12.7. The van der Waals surface area contributed by atoms with Gasteiger partial charge in [-0.05, 0) is 116 Å². The number of pyridine rings is 1. The van der Waals surface area contributed by atoms with Gasteiger partial charge in [-0.2, -0.15) is 0 Å². The van der Waals surface area contributed by atoms with Gasteiger partial charge in [0.05, 0.1) is 6.54 Å². The number of carbonyl (C=O) groups is 1. The maximum absolute atomic E-state index is 13.0. The summed E-state index contributed by atoms with van der Waals surface area (Å²) in [7, 11) is 0. The molecule has 1 fully saturated rings. The highest BCUT2D eigenvalue weighted by molar-refractivity contribution is 6.31. The van der Waals surface area contributed by atoms with E-state index in [0.717, 1.165) is 111 Å². The van der Waals surface area contributed by atoms with Crippen molar-refractivity contribution in [1.29, 1.82) is 0 Å². The van der Waals surface area contributed by atoms with Gasteiger partial charge in [-0.15, -0.1) is 0 Å². The van der Waals surface area contributed by atoms with Crippen LogP contribution in [-0.2, 0) is 17.8 Å². The molecule has 3 heterocycles. The van der Waals surface area contributed by atoms with Crippen LogP contribution in [0.3, 0.4) is 0 Å². The molecule has 0 spiro atoms. The van der Waals surface area contributed by atoms with E-state index in [1.54, 1.807) is 6.20 Å². The van der Waals surface area contributed by atoms with E-state index in [1.807, 2.05) is 82.1 Å². The average molecular weight is 707 g/mol. The molecule has 3 aliphatic rings. The van der Waals surface area contributed by atoms with Crippen LogP contribution in [0.2, 0.25) is 0 Å². The maximum atomic E-state index is 13.0. The van der Waals surface area contributed by atoms with E-state index in [0.29, 0.717) is 11.6 Å². The van der Waals surface area contributed by atoms with Crippen LogP contribution in [0.4, 0.5) is 0 Å². The van der Waals surface area contributed by atoms with Crippen LogP contribution >= 0.6 is 11.6 Å². The van der Waals surface area contributed by atoms with Crippen LogP contribution in [-0.4, -0.2) is 47.4 Å². The van der Waals surface area contributed by atoms with Gasteiger partial charge in [-0.3, -0.25) is 9.78 Å². The molecule has 1 amide bonds. The summed E-state index contributed by atoms with van der Waals surface area (Å²) in [5, 5.41) is 4.23. The zero-order valence-electron chi connectivity index (χ0n) is 31.1. The van der Waals surface area contributed by atoms with Gasteiger partial charge >= 0.3 is 0 Å². The van der Waals surface area contributed by atoms with Crippen LogP contribution in [0.5, 0.6) is 0 Å². The maximum Gasteiger partial charge on any atom is 0.214 e. The summed E-state index contributed by atoms with van der Waals surface area (Å²) in [5.41, 5.74) is 9.00. The first-order chi connectivity index (χ1) is 25.1. The third-order valence-corrected chi connectivity index (χ3v) is 9.39. The Morgan fingerprint density at radius 2 is 1.82 bits per heavy atom. The van der Waals surface area contributed by atoms with Crippen molar-refractivity contribution in [3.63, 3.8) is 0 Å². The Kier molecular flexibility index (Phi) is 16.3. The molecule has 1 aliphatic heterocycles. The quantitative estimate of drug-likeness (QED) is 0.213. The summed E-state index contributed by atoms with van der Waals surface area (Å²) < 4.78 is 6.25. The standard InChI is InChI=1S/C40H43ClN4O2.2C2H6/c1-30-33(26-40(47-30)32-10-4-12-36(41)18-17-32)16-15-31-9-5-13-37(44-24-7-22-42-23-25-44)19-20-39(31)45(29-46)28-35-8-2-3-14-38(35)34-11-6-21-43-27-34;2*1-2/h2-4,6,8,11-14,17-21,26-27,29,42H,5,7,9-10,15-16,22-25,28H2,1H3;2*1-2H3/b20-19-,37-13?,39-31-;;. The number of allylic oxidation sites excluding steroid dienone is 10. The Balaban J connectivity index is 0.00000141. The van der Waals surface area contributed by atoms with Crippen molar-refractivity contribution in [3.8, 4) is 11.1 Å². The fourth-order valence-electron chi connectivity index (χ4n) is 6.58. The number of hydrogen-bond acceptors (Lipinski definition) is 5. The summed E-state index contributed by atoms with van der Waals surface area (Å²) >= 11 is 6.22. The number of aryl methyl sites for hydroxylation is 2. The van der Waals surface area contributed by atoms with Gasteiger partial charge in [0, 0.05) is 54.0 Å². The molecule has 51 heavy (non-hydrogen) atoms. The molecule has 1 saturated heterocycles. The second kappa shape index (κ2) is 21.1. The van der Waals surface area contributed by atoms with Gasteiger partial charge in [-0.1, -0.05) is 87.9 Å². The van der Waals surface area contributed by atoms with Crippen molar-refractivity contribution in [1.82, 2.24) is 20.1 Å². The third-order valence-electron chi connectivity index (χ3n) is 9.14. The number of furan rings is 1. The number of halogens is 1. The topological polar surface area (TPSA) is 61.6 Å². The number of aromatic nitrogens is 1. The second-order valence-electron chi connectivity index (χ2n) is 12.3. The summed E-state index contributed by atoms with van der Waals surface area (Å²) in [6, 6.07) is 14.5. The molecular weight excluding hydrogens is 652 g/mol. The zero-order valence-corrected chi connectivity index (χ0v) is 31.9. The molecule has 6 rings (SSSR count). The minimum absolute atomic E-state index is 0.469. The van der Waals surface area contributed by atoms with E-state index in [4.69, 9.17) is 16.0 Å². The Hall–Kier alpha value is -4.39. The number of nitrogens with zero attached hydrogens (tertiary/aromatic N) is 3. The molecule has 270 valence electrons. The molecular formula is C44H55ClN4O2. The van der Waals surface area contributed by atoms with E-state index in [2.05, 4.69) is 63.8 Å². The highest BCUT2D eigenvalue weighted by atomic mass is 35.5. The smallest absolute Gasteiger partial charge is 0.214 e. The van der Waals surface area contributed by atoms with Gasteiger partial charge in [0.15, 0.2) is 0 Å². The first-order valence-electron chi connectivity index (χ1n) is 18.7. The highest BCUT2D eigenvalue weighted by Gasteiger charge is 2.20. The van der Waals surface area contributed by atoms with Crippen molar-refractivity contribution in [3.05, 3.63) is 142 Å². The fraction of sp³-hybridized carbons (Fsp3) is 0.364. The molecule has 6 nitrogen and oxygen atoms in total. The molecule has 0 saturated carbocycles. The number of nitrogens with one attached hydrogen (secondary N) is 1. The van der Waals surface area contributed by atoms with Crippen molar-refractivity contribution < 1.29 is 9.21 Å². The van der Waals surface area contributed by atoms with Crippen LogP contribution in [0.25, 0.3) is 16.7 Å². The first kappa shape index (κ1) is 39.4. The predicted octanol–water partition coefficient (Wildman–Crippen LogP) is 10.5. The third kappa shape index (κ3) is 11.0. The Bertz CT molecular complexity index is 1740. The molecule has 0 radical (unpaired) electrons. The molecule has 0 unspecified atom stereocenters. The van der Waals surface area contributed by atoms with Crippen molar-refractivity contribution in [2.45, 2.75) is 79.7 Å². The van der Waals surface area contributed by atoms with E-state index in [-0.39, 0.29) is 0 Å². The van der Waals surface area contributed by atoms with Gasteiger partial charge < -0.3 is 19.5 Å². The number of amides is 1. The van der Waals surface area contributed by atoms with Crippen molar-refractivity contribution in [2.75, 3.05) is 26.2 Å². The number of carbonyl (C=O) groups excluding carboxylic acids is 1. The minimum atomic E-state index is 0.469. The molecule has 1 N–H and O–H groups in total. The lowest BCUT2D eigenvalue weighted by atomic mass is 9.95. The monoisotopic (exact) mass is 706 g/mol. The Labute approximate surface area is 311 Å². The average Bonchev–Trinajstić information content (AvgIpc) is 3.33. The van der Waals surface area contributed by atoms with Gasteiger partial charge in [0.1, 0.15) is 11.5 Å². The Morgan fingerprint density at radius 3 is 2.63 bits per heavy atom. The molecule has 0 atom stereocenters. The van der Waals surface area contributed by atoms with Gasteiger partial charge in [0.25, 0.3) is 0 Å². The lowest BCUT2D eigenvalue weighted by Gasteiger charge is -2.28. The van der Waals surface area contributed by atoms with E-state index in [1.165, 1.54) is 16.8 Å². The molecule has 3 aromatic rings. The van der Waals surface area contributed by atoms with E-state index >= 15 is 0 Å². The highest BCUT2D eigenvalue weighted by Crippen LogP contribution is 2.32. The molecule has 7 heteroatoms. The zero-order chi connectivity index (χ0) is 36.4. The van der Waals surface area contributed by atoms with Gasteiger partial charge in [0.2, 0.25) is 6.41 Å². The molecule has 1 aromatic carbocycles. The van der Waals surface area contributed by atoms with Crippen LogP contribution in [0.15, 0.2) is 124 Å². The van der Waals surface area contributed by atoms with Gasteiger partial charge in [-0.25, -0.2) is 0 Å². The number of benzene rings is 1. The van der Waals surface area contributed by atoms with E-state index in [9.17, 15) is 4.79 Å². The summed E-state index contributed by atoms with van der Waals surface area (Å²) in [4.78, 5) is 21.7. The normalized spacial score (nSPS) is 18.2. The lowest BCUT2D eigenvalue weighted by Crippen LogP contribution is -2.27. The van der Waals surface area contributed by atoms with Crippen molar-refractivity contribution in [2.24, 2.45) is 0 Å². The summed E-state index contributed by atoms with van der Waals surface area (Å²) in [6.07, 6.45) is 24.7. The van der Waals surface area contributed by atoms with Crippen LogP contribution in [0, 0.1) is 6.92 Å². The van der Waals surface area contributed by atoms with Crippen LogP contribution in [0.1, 0.15) is 82.4 Å². The first-order valence-corrected chi connectivity index (χ1v) is 19.1. The molecule has 0 bridgehead atoms. The number of rotatable bonds is 10. The number of hydrogen-bond donors (Lipinski definition) is 1. The van der Waals surface area contributed by atoms with E-state index < -0.39 is 0 Å². The molecule has 2 aromatic heterocycles. The fourth-order valence-corrected chi connectivity index (χ4v) is 6.74. The summed E-state index contributed by atoms with van der Waals surface area (Å²) in [5.74, 6) is 1.82. The van der Waals surface area contributed by atoms with Crippen molar-refractivity contribution >= 4 is 23.6 Å². The largest absolute Gasteiger partial charge is 0.461 e. The minimum Gasteiger partial charge on any atom is -0.461 e. The SMILES string of the molecule is CC.CC.Cc1oc(C2=CC=C(Cl)C=CC2)cc1CC/C1=C(N(C=O)Cc2ccccc2-c2cccnc2)/C=C\C(N2CCCNCC2)=CCC1.